The van der Waals surface area contributed by atoms with Gasteiger partial charge in [0.05, 0.1) is 11.2 Å². The fraction of sp³-hybridized carbons (Fsp3) is 0.0526. The first-order valence-electron chi connectivity index (χ1n) is 7.38. The lowest BCUT2D eigenvalue weighted by molar-refractivity contribution is 1.36. The Kier molecular flexibility index (Phi) is 3.36. The van der Waals surface area contributed by atoms with Crippen LogP contribution in [0.1, 0.15) is 5.56 Å². The number of nitrogens with zero attached hydrogens (tertiary/aromatic N) is 2. The van der Waals surface area contributed by atoms with Crippen LogP contribution < -0.4 is 5.32 Å². The van der Waals surface area contributed by atoms with Crippen molar-refractivity contribution in [1.29, 1.82) is 0 Å². The second-order valence-electron chi connectivity index (χ2n) is 5.49. The maximum absolute atomic E-state index is 6.22. The number of para-hydroxylation sites is 1. The number of hydrogen-bond acceptors (Lipinski definition) is 3. The van der Waals surface area contributed by atoms with Crippen LogP contribution in [0.3, 0.4) is 0 Å². The summed E-state index contributed by atoms with van der Waals surface area (Å²) in [4.78, 5) is 8.63. The molecule has 0 bridgehead atoms. The highest BCUT2D eigenvalue weighted by Crippen LogP contribution is 2.32. The zero-order valence-electron chi connectivity index (χ0n) is 12.5. The Labute approximate surface area is 139 Å². The highest BCUT2D eigenvalue weighted by atomic mass is 35.5. The normalized spacial score (nSPS) is 11.0. The van der Waals surface area contributed by atoms with Crippen LogP contribution in [-0.4, -0.2) is 9.97 Å². The van der Waals surface area contributed by atoms with Crippen LogP contribution in [0.5, 0.6) is 0 Å². The monoisotopic (exact) mass is 319 g/mol. The van der Waals surface area contributed by atoms with Crippen molar-refractivity contribution in [1.82, 2.24) is 9.97 Å². The van der Waals surface area contributed by atoms with Crippen LogP contribution >= 0.6 is 11.6 Å². The molecular formula is C19H14ClN3. The van der Waals surface area contributed by atoms with Crippen molar-refractivity contribution < 1.29 is 0 Å². The van der Waals surface area contributed by atoms with Crippen molar-refractivity contribution >= 4 is 44.7 Å². The van der Waals surface area contributed by atoms with E-state index < -0.39 is 0 Å². The average Bonchev–Trinajstić information content (AvgIpc) is 2.56. The van der Waals surface area contributed by atoms with Gasteiger partial charge in [-0.1, -0.05) is 41.9 Å². The smallest absolute Gasteiger partial charge is 0.131 e. The summed E-state index contributed by atoms with van der Waals surface area (Å²) < 4.78 is 0. The first kappa shape index (κ1) is 14.0. The number of pyridine rings is 2. The van der Waals surface area contributed by atoms with Crippen LogP contribution in [0.15, 0.2) is 60.9 Å². The van der Waals surface area contributed by atoms with Crippen molar-refractivity contribution in [3.8, 4) is 0 Å². The van der Waals surface area contributed by atoms with E-state index in [9.17, 15) is 0 Å². The van der Waals surface area contributed by atoms with Gasteiger partial charge in [0.1, 0.15) is 5.15 Å². The lowest BCUT2D eigenvalue weighted by atomic mass is 10.1. The molecule has 23 heavy (non-hydrogen) atoms. The molecule has 0 saturated carbocycles. The van der Waals surface area contributed by atoms with E-state index in [0.717, 1.165) is 38.6 Å². The maximum atomic E-state index is 6.22. The Hall–Kier alpha value is -2.65. The van der Waals surface area contributed by atoms with E-state index in [4.69, 9.17) is 11.6 Å². The van der Waals surface area contributed by atoms with Crippen molar-refractivity contribution in [2.24, 2.45) is 0 Å². The third-order valence-electron chi connectivity index (χ3n) is 3.96. The highest BCUT2D eigenvalue weighted by Gasteiger charge is 2.08. The molecule has 0 radical (unpaired) electrons. The van der Waals surface area contributed by atoms with Crippen molar-refractivity contribution in [3.63, 3.8) is 0 Å². The number of hydrogen-bond donors (Lipinski definition) is 1. The van der Waals surface area contributed by atoms with Crippen LogP contribution in [0.2, 0.25) is 5.15 Å². The largest absolute Gasteiger partial charge is 0.354 e. The number of fused-ring (bicyclic) bond motifs is 2. The van der Waals surface area contributed by atoms with E-state index in [1.54, 1.807) is 6.20 Å². The van der Waals surface area contributed by atoms with Gasteiger partial charge < -0.3 is 5.32 Å². The minimum absolute atomic E-state index is 0.483. The van der Waals surface area contributed by atoms with Gasteiger partial charge in [-0.2, -0.15) is 0 Å². The van der Waals surface area contributed by atoms with Gasteiger partial charge in [0.2, 0.25) is 0 Å². The van der Waals surface area contributed by atoms with Gasteiger partial charge in [-0.05, 0) is 30.7 Å². The number of aryl methyl sites for hydroxylation is 1. The quantitative estimate of drug-likeness (QED) is 0.496. The molecule has 0 unspecified atom stereocenters. The molecule has 0 aliphatic heterocycles. The maximum Gasteiger partial charge on any atom is 0.131 e. The lowest BCUT2D eigenvalue weighted by Crippen LogP contribution is -1.95. The van der Waals surface area contributed by atoms with Crippen LogP contribution in [0.4, 0.5) is 11.4 Å². The fourth-order valence-corrected chi connectivity index (χ4v) is 3.03. The molecule has 0 aliphatic rings. The van der Waals surface area contributed by atoms with E-state index in [2.05, 4.69) is 33.5 Å². The molecule has 0 spiro atoms. The molecule has 4 rings (SSSR count). The third kappa shape index (κ3) is 2.49. The van der Waals surface area contributed by atoms with Gasteiger partial charge in [-0.3, -0.25) is 4.98 Å². The first-order valence-corrected chi connectivity index (χ1v) is 7.76. The average molecular weight is 320 g/mol. The molecule has 2 aromatic heterocycles. The van der Waals surface area contributed by atoms with Crippen molar-refractivity contribution in [2.45, 2.75) is 6.92 Å². The van der Waals surface area contributed by atoms with E-state index in [0.29, 0.717) is 5.15 Å². The summed E-state index contributed by atoms with van der Waals surface area (Å²) in [5, 5.41) is 7.26. The van der Waals surface area contributed by atoms with E-state index in [1.807, 2.05) is 43.5 Å². The standard InChI is InChI=1S/C19H14ClN3/c1-12-4-2-6-15-17(10-18(20)23-19(12)15)22-16-7-3-5-13-11-21-9-8-14(13)16/h2-11H,1H3,(H,22,23). The predicted molar refractivity (Wildman–Crippen MR) is 96.5 cm³/mol. The van der Waals surface area contributed by atoms with Gasteiger partial charge in [-0.15, -0.1) is 0 Å². The van der Waals surface area contributed by atoms with Gasteiger partial charge in [0.25, 0.3) is 0 Å². The summed E-state index contributed by atoms with van der Waals surface area (Å²) in [5.41, 5.74) is 4.00. The molecule has 112 valence electrons. The number of nitrogens with one attached hydrogen (secondary N) is 1. The minimum Gasteiger partial charge on any atom is -0.354 e. The number of halogens is 1. The molecule has 4 heteroatoms. The predicted octanol–water partition coefficient (Wildman–Crippen LogP) is 5.49. The van der Waals surface area contributed by atoms with Crippen LogP contribution in [-0.2, 0) is 0 Å². The number of aromatic nitrogens is 2. The minimum atomic E-state index is 0.483. The number of anilines is 2. The molecule has 2 heterocycles. The topological polar surface area (TPSA) is 37.8 Å². The summed E-state index contributed by atoms with van der Waals surface area (Å²) in [7, 11) is 0. The lowest BCUT2D eigenvalue weighted by Gasteiger charge is -2.13. The molecule has 0 aliphatic carbocycles. The van der Waals surface area contributed by atoms with E-state index in [1.165, 1.54) is 0 Å². The Morgan fingerprint density at radius 1 is 0.957 bits per heavy atom. The van der Waals surface area contributed by atoms with Gasteiger partial charge >= 0.3 is 0 Å². The zero-order valence-corrected chi connectivity index (χ0v) is 13.3. The summed E-state index contributed by atoms with van der Waals surface area (Å²) in [6, 6.07) is 16.1. The molecule has 0 saturated heterocycles. The first-order chi connectivity index (χ1) is 11.2. The summed E-state index contributed by atoms with van der Waals surface area (Å²) in [6.45, 7) is 2.04. The van der Waals surface area contributed by atoms with Crippen molar-refractivity contribution in [2.75, 3.05) is 5.32 Å². The van der Waals surface area contributed by atoms with Gasteiger partial charge in [0, 0.05) is 34.2 Å². The van der Waals surface area contributed by atoms with Crippen molar-refractivity contribution in [3.05, 3.63) is 71.6 Å². The van der Waals surface area contributed by atoms with Gasteiger partial charge in [-0.25, -0.2) is 4.98 Å². The van der Waals surface area contributed by atoms with Crippen LogP contribution in [0, 0.1) is 6.92 Å². The summed E-state index contributed by atoms with van der Waals surface area (Å²) in [6.07, 6.45) is 3.66. The summed E-state index contributed by atoms with van der Waals surface area (Å²) >= 11 is 6.22. The Morgan fingerprint density at radius 2 is 1.83 bits per heavy atom. The van der Waals surface area contributed by atoms with Gasteiger partial charge in [0.15, 0.2) is 0 Å². The third-order valence-corrected chi connectivity index (χ3v) is 4.15. The molecule has 1 N–H and O–H groups in total. The molecule has 3 nitrogen and oxygen atoms in total. The SMILES string of the molecule is Cc1cccc2c(Nc3cccc4cnccc34)cc(Cl)nc12. The highest BCUT2D eigenvalue weighted by molar-refractivity contribution is 6.30. The Balaban J connectivity index is 1.91. The van der Waals surface area contributed by atoms with Crippen LogP contribution in [0.25, 0.3) is 21.7 Å². The second kappa shape index (κ2) is 5.52. The number of benzene rings is 2. The second-order valence-corrected chi connectivity index (χ2v) is 5.88. The molecule has 0 amide bonds. The van der Waals surface area contributed by atoms with E-state index >= 15 is 0 Å². The van der Waals surface area contributed by atoms with E-state index in [-0.39, 0.29) is 0 Å². The molecule has 4 aromatic rings. The molecule has 0 fully saturated rings. The molecule has 2 aromatic carbocycles. The fourth-order valence-electron chi connectivity index (χ4n) is 2.84. The Morgan fingerprint density at radius 3 is 2.74 bits per heavy atom. The zero-order chi connectivity index (χ0) is 15.8. The Bertz CT molecular complexity index is 1020. The molecular weight excluding hydrogens is 306 g/mol. The number of rotatable bonds is 2. The molecule has 0 atom stereocenters. The summed E-state index contributed by atoms with van der Waals surface area (Å²) in [5.74, 6) is 0.